The smallest absolute Gasteiger partial charge is 0.371 e. The molecular formula is C10H10O5. The Kier molecular flexibility index (Phi) is 3.68. The quantitative estimate of drug-likeness (QED) is 0.602. The molecule has 0 atom stereocenters. The predicted octanol–water partition coefficient (Wildman–Crippen LogP) is 1.55. The van der Waals surface area contributed by atoms with Gasteiger partial charge in [0.25, 0.3) is 0 Å². The summed E-state index contributed by atoms with van der Waals surface area (Å²) in [5.41, 5.74) is 0. The predicted molar refractivity (Wildman–Crippen MR) is 51.3 cm³/mol. The Morgan fingerprint density at radius 1 is 1.53 bits per heavy atom. The highest BCUT2D eigenvalue weighted by molar-refractivity contribution is 5.87. The molecule has 80 valence electrons. The molecule has 1 aromatic heterocycles. The van der Waals surface area contributed by atoms with Crippen LogP contribution in [0.5, 0.6) is 0 Å². The molecule has 15 heavy (non-hydrogen) atoms. The molecule has 0 bridgehead atoms. The molecule has 0 amide bonds. The zero-order valence-electron chi connectivity index (χ0n) is 8.10. The number of aromatic carboxylic acids is 1. The van der Waals surface area contributed by atoms with E-state index < -0.39 is 11.9 Å². The molecule has 5 nitrogen and oxygen atoms in total. The number of furan rings is 1. The summed E-state index contributed by atoms with van der Waals surface area (Å²) in [6.07, 6.45) is 2.53. The number of hydrogen-bond acceptors (Lipinski definition) is 4. The lowest BCUT2D eigenvalue weighted by molar-refractivity contribution is -0.137. The molecule has 0 saturated heterocycles. The molecule has 0 fully saturated rings. The van der Waals surface area contributed by atoms with E-state index in [4.69, 9.17) is 9.52 Å². The number of carboxylic acid groups (broad SMARTS) is 1. The maximum Gasteiger partial charge on any atom is 0.371 e. The average Bonchev–Trinajstić information content (AvgIpc) is 2.63. The summed E-state index contributed by atoms with van der Waals surface area (Å²) in [5, 5.41) is 8.55. The van der Waals surface area contributed by atoms with Gasteiger partial charge in [-0.2, -0.15) is 0 Å². The molecule has 1 heterocycles. The van der Waals surface area contributed by atoms with Gasteiger partial charge in [0.15, 0.2) is 0 Å². The van der Waals surface area contributed by atoms with E-state index in [2.05, 4.69) is 4.74 Å². The highest BCUT2D eigenvalue weighted by Crippen LogP contribution is 2.09. The van der Waals surface area contributed by atoms with Crippen LogP contribution in [0.1, 0.15) is 23.2 Å². The third-order valence-electron chi connectivity index (χ3n) is 1.51. The summed E-state index contributed by atoms with van der Waals surface area (Å²) in [4.78, 5) is 21.3. The number of esters is 1. The van der Waals surface area contributed by atoms with Gasteiger partial charge in [-0.15, -0.1) is 0 Å². The van der Waals surface area contributed by atoms with E-state index >= 15 is 0 Å². The highest BCUT2D eigenvalue weighted by atomic mass is 16.5. The molecule has 0 aliphatic rings. The van der Waals surface area contributed by atoms with E-state index in [1.165, 1.54) is 24.3 Å². The first kappa shape index (κ1) is 11.0. The highest BCUT2D eigenvalue weighted by Gasteiger charge is 2.07. The van der Waals surface area contributed by atoms with Crippen LogP contribution in [-0.4, -0.2) is 23.7 Å². The van der Waals surface area contributed by atoms with Gasteiger partial charge in [-0.05, 0) is 25.1 Å². The Labute approximate surface area is 86.0 Å². The number of carbonyl (C=O) groups is 2. The van der Waals surface area contributed by atoms with Gasteiger partial charge >= 0.3 is 11.9 Å². The summed E-state index contributed by atoms with van der Waals surface area (Å²) in [6, 6.07) is 2.77. The third-order valence-corrected chi connectivity index (χ3v) is 1.51. The Hall–Kier alpha value is -2.04. The first-order valence-electron chi connectivity index (χ1n) is 4.31. The van der Waals surface area contributed by atoms with Crippen molar-refractivity contribution in [3.63, 3.8) is 0 Å². The second-order valence-electron chi connectivity index (χ2n) is 2.59. The third kappa shape index (κ3) is 3.30. The summed E-state index contributed by atoms with van der Waals surface area (Å²) < 4.78 is 9.51. The maximum atomic E-state index is 10.9. The van der Waals surface area contributed by atoms with Crippen LogP contribution < -0.4 is 0 Å². The van der Waals surface area contributed by atoms with Crippen molar-refractivity contribution in [3.8, 4) is 0 Å². The fourth-order valence-corrected chi connectivity index (χ4v) is 0.898. The summed E-state index contributed by atoms with van der Waals surface area (Å²) in [7, 11) is 0. The van der Waals surface area contributed by atoms with Gasteiger partial charge in [0.2, 0.25) is 5.76 Å². The summed E-state index contributed by atoms with van der Waals surface area (Å²) in [6.45, 7) is 1.99. The molecule has 0 aromatic carbocycles. The van der Waals surface area contributed by atoms with Crippen molar-refractivity contribution in [3.05, 3.63) is 29.7 Å². The van der Waals surface area contributed by atoms with Crippen molar-refractivity contribution >= 4 is 18.0 Å². The van der Waals surface area contributed by atoms with E-state index in [-0.39, 0.29) is 5.76 Å². The molecule has 0 radical (unpaired) electrons. The molecule has 1 N–H and O–H groups in total. The zero-order chi connectivity index (χ0) is 11.3. The molecule has 0 saturated carbocycles. The molecule has 0 aliphatic carbocycles. The monoisotopic (exact) mass is 210 g/mol. The number of carboxylic acids is 1. The zero-order valence-corrected chi connectivity index (χ0v) is 8.10. The van der Waals surface area contributed by atoms with Crippen molar-refractivity contribution in [1.29, 1.82) is 0 Å². The van der Waals surface area contributed by atoms with Gasteiger partial charge in [0.05, 0.1) is 6.61 Å². The molecule has 1 rings (SSSR count). The van der Waals surface area contributed by atoms with Crippen molar-refractivity contribution < 1.29 is 23.8 Å². The second-order valence-corrected chi connectivity index (χ2v) is 2.59. The van der Waals surface area contributed by atoms with Gasteiger partial charge < -0.3 is 14.3 Å². The Balaban J connectivity index is 2.64. The van der Waals surface area contributed by atoms with Crippen LogP contribution in [-0.2, 0) is 9.53 Å². The molecular weight excluding hydrogens is 200 g/mol. The number of ether oxygens (including phenoxy) is 1. The molecule has 5 heteroatoms. The molecule has 0 aliphatic heterocycles. The summed E-state index contributed by atoms with van der Waals surface area (Å²) >= 11 is 0. The lowest BCUT2D eigenvalue weighted by Crippen LogP contribution is -1.98. The van der Waals surface area contributed by atoms with Crippen LogP contribution in [0.2, 0.25) is 0 Å². The Morgan fingerprint density at radius 2 is 2.27 bits per heavy atom. The fourth-order valence-electron chi connectivity index (χ4n) is 0.898. The fraction of sp³-hybridized carbons (Fsp3) is 0.200. The van der Waals surface area contributed by atoms with Crippen molar-refractivity contribution in [2.24, 2.45) is 0 Å². The lowest BCUT2D eigenvalue weighted by Gasteiger charge is -1.93. The standard InChI is InChI=1S/C10H10O5/c1-2-14-9(11)6-4-7-3-5-8(15-7)10(12)13/h3-6H,2H2,1H3,(H,12,13)/b6-4+. The van der Waals surface area contributed by atoms with Crippen LogP contribution in [0.3, 0.4) is 0 Å². The van der Waals surface area contributed by atoms with Crippen LogP contribution in [0.25, 0.3) is 6.08 Å². The molecule has 0 spiro atoms. The Morgan fingerprint density at radius 3 is 2.80 bits per heavy atom. The summed E-state index contributed by atoms with van der Waals surface area (Å²) in [5.74, 6) is -1.52. The van der Waals surface area contributed by atoms with E-state index in [9.17, 15) is 9.59 Å². The van der Waals surface area contributed by atoms with Gasteiger partial charge in [0, 0.05) is 6.08 Å². The number of carbonyl (C=O) groups excluding carboxylic acids is 1. The van der Waals surface area contributed by atoms with E-state index in [1.54, 1.807) is 6.92 Å². The topological polar surface area (TPSA) is 76.7 Å². The van der Waals surface area contributed by atoms with Crippen molar-refractivity contribution in [1.82, 2.24) is 0 Å². The minimum Gasteiger partial charge on any atom is -0.475 e. The average molecular weight is 210 g/mol. The van der Waals surface area contributed by atoms with E-state index in [1.807, 2.05) is 0 Å². The van der Waals surface area contributed by atoms with E-state index in [0.717, 1.165) is 0 Å². The van der Waals surface area contributed by atoms with Crippen LogP contribution in [0.4, 0.5) is 0 Å². The van der Waals surface area contributed by atoms with Crippen LogP contribution in [0.15, 0.2) is 22.6 Å². The van der Waals surface area contributed by atoms with Gasteiger partial charge in [-0.1, -0.05) is 0 Å². The first-order valence-corrected chi connectivity index (χ1v) is 4.31. The Bertz CT molecular complexity index is 388. The van der Waals surface area contributed by atoms with Gasteiger partial charge in [0.1, 0.15) is 5.76 Å². The number of rotatable bonds is 4. The van der Waals surface area contributed by atoms with Crippen molar-refractivity contribution in [2.75, 3.05) is 6.61 Å². The number of hydrogen-bond donors (Lipinski definition) is 1. The van der Waals surface area contributed by atoms with Gasteiger partial charge in [-0.25, -0.2) is 9.59 Å². The molecule has 0 unspecified atom stereocenters. The minimum absolute atomic E-state index is 0.168. The first-order chi connectivity index (χ1) is 7.13. The normalized spacial score (nSPS) is 10.5. The minimum atomic E-state index is -1.15. The van der Waals surface area contributed by atoms with Gasteiger partial charge in [-0.3, -0.25) is 0 Å². The SMILES string of the molecule is CCOC(=O)/C=C/c1ccc(C(=O)O)o1. The molecule has 1 aromatic rings. The van der Waals surface area contributed by atoms with Crippen LogP contribution in [0, 0.1) is 0 Å². The second kappa shape index (κ2) is 4.99. The van der Waals surface area contributed by atoms with E-state index in [0.29, 0.717) is 12.4 Å². The maximum absolute atomic E-state index is 10.9. The largest absolute Gasteiger partial charge is 0.475 e. The lowest BCUT2D eigenvalue weighted by atomic mass is 10.4. The van der Waals surface area contributed by atoms with Crippen LogP contribution >= 0.6 is 0 Å². The van der Waals surface area contributed by atoms with Crippen molar-refractivity contribution in [2.45, 2.75) is 6.92 Å².